The van der Waals surface area contributed by atoms with Crippen molar-refractivity contribution in [2.24, 2.45) is 0 Å². The quantitative estimate of drug-likeness (QED) is 0.159. The van der Waals surface area contributed by atoms with Crippen molar-refractivity contribution in [1.29, 1.82) is 10.5 Å². The first-order chi connectivity index (χ1) is 21.6. The van der Waals surface area contributed by atoms with Crippen molar-refractivity contribution in [1.82, 2.24) is 9.13 Å². The van der Waals surface area contributed by atoms with Crippen molar-refractivity contribution >= 4 is 76.6 Å². The number of nitrogens with zero attached hydrogens (tertiary/aromatic N) is 4. The molecule has 4 heteroatoms. The van der Waals surface area contributed by atoms with Crippen molar-refractivity contribution < 1.29 is 0 Å². The Morgan fingerprint density at radius 1 is 0.432 bits per heavy atom. The highest BCUT2D eigenvalue weighted by Crippen LogP contribution is 2.42. The molecular weight excluding hydrogens is 536 g/mol. The molecule has 44 heavy (non-hydrogen) atoms. The second-order valence-electron chi connectivity index (χ2n) is 11.0. The minimum Gasteiger partial charge on any atom is -0.306 e. The molecule has 204 valence electrons. The van der Waals surface area contributed by atoms with Gasteiger partial charge >= 0.3 is 0 Å². The van der Waals surface area contributed by atoms with E-state index in [1.807, 2.05) is 48.5 Å². The van der Waals surface area contributed by atoms with Gasteiger partial charge in [0.25, 0.3) is 0 Å². The van der Waals surface area contributed by atoms with Crippen LogP contribution in [0.5, 0.6) is 0 Å². The average Bonchev–Trinajstić information content (AvgIpc) is 3.56. The van der Waals surface area contributed by atoms with Gasteiger partial charge in [-0.1, -0.05) is 98.1 Å². The summed E-state index contributed by atoms with van der Waals surface area (Å²) < 4.78 is 4.17. The molecule has 0 aliphatic carbocycles. The van der Waals surface area contributed by atoms with Gasteiger partial charge in [-0.15, -0.1) is 0 Å². The number of hydrogen-bond acceptors (Lipinski definition) is 2. The fraction of sp³-hybridized carbons (Fsp3) is 0. The summed E-state index contributed by atoms with van der Waals surface area (Å²) in [6.07, 6.45) is 0. The van der Waals surface area contributed by atoms with Crippen LogP contribution in [0.4, 0.5) is 0 Å². The topological polar surface area (TPSA) is 57.4 Å². The molecule has 8 rings (SSSR count). The van der Waals surface area contributed by atoms with E-state index >= 15 is 0 Å². The molecular formula is C40H24N4. The summed E-state index contributed by atoms with van der Waals surface area (Å²) in [7, 11) is 0. The van der Waals surface area contributed by atoms with Crippen LogP contribution in [-0.2, 0) is 0 Å². The number of aromatic nitrogens is 2. The van der Waals surface area contributed by atoms with E-state index < -0.39 is 0 Å². The summed E-state index contributed by atoms with van der Waals surface area (Å²) in [6, 6.07) is 46.2. The highest BCUT2D eigenvalue weighted by Gasteiger charge is 2.25. The van der Waals surface area contributed by atoms with Crippen LogP contribution in [0.2, 0.25) is 0 Å². The molecule has 0 radical (unpaired) electrons. The first-order valence-electron chi connectivity index (χ1n) is 14.4. The first-order valence-corrected chi connectivity index (χ1v) is 14.4. The van der Waals surface area contributed by atoms with E-state index in [0.717, 1.165) is 65.2 Å². The highest BCUT2D eigenvalue weighted by molar-refractivity contribution is 6.19. The monoisotopic (exact) mass is 560 g/mol. The highest BCUT2D eigenvalue weighted by atomic mass is 15.1. The molecule has 0 aliphatic heterocycles. The third-order valence-corrected chi connectivity index (χ3v) is 8.59. The summed E-state index contributed by atoms with van der Waals surface area (Å²) in [5.41, 5.74) is 5.19. The summed E-state index contributed by atoms with van der Waals surface area (Å²) in [6.45, 7) is 8.52. The molecule has 0 spiro atoms. The van der Waals surface area contributed by atoms with Crippen molar-refractivity contribution in [3.63, 3.8) is 0 Å². The van der Waals surface area contributed by atoms with Crippen molar-refractivity contribution in [2.45, 2.75) is 0 Å². The number of benzene rings is 6. The Kier molecular flexibility index (Phi) is 5.53. The molecule has 0 N–H and O–H groups in total. The van der Waals surface area contributed by atoms with Crippen LogP contribution in [0.3, 0.4) is 0 Å². The molecule has 0 aliphatic rings. The van der Waals surface area contributed by atoms with Crippen molar-refractivity contribution in [3.05, 3.63) is 146 Å². The number of allylic oxidation sites excluding steroid dienone is 4. The van der Waals surface area contributed by atoms with E-state index in [-0.39, 0.29) is 11.1 Å². The Morgan fingerprint density at radius 2 is 0.773 bits per heavy atom. The zero-order chi connectivity index (χ0) is 29.9. The minimum atomic E-state index is 0.235. The molecule has 0 saturated carbocycles. The van der Waals surface area contributed by atoms with E-state index in [2.05, 4.69) is 107 Å². The summed E-state index contributed by atoms with van der Waals surface area (Å²) in [5, 5.41) is 29.6. The molecule has 0 fully saturated rings. The first kappa shape index (κ1) is 25.4. The number of nitriles is 2. The number of rotatable bonds is 4. The predicted octanol–water partition coefficient (Wildman–Crippen LogP) is 10.2. The van der Waals surface area contributed by atoms with Crippen LogP contribution in [0, 0.1) is 22.7 Å². The summed E-state index contributed by atoms with van der Waals surface area (Å²) >= 11 is 0. The summed E-state index contributed by atoms with van der Waals surface area (Å²) in [5.74, 6) is 0. The Morgan fingerprint density at radius 3 is 1.16 bits per heavy atom. The smallest absolute Gasteiger partial charge is 0.101 e. The van der Waals surface area contributed by atoms with Crippen LogP contribution in [-0.4, -0.2) is 9.13 Å². The molecule has 6 aromatic carbocycles. The summed E-state index contributed by atoms with van der Waals surface area (Å²) in [4.78, 5) is 0. The van der Waals surface area contributed by atoms with E-state index in [0.29, 0.717) is 11.4 Å². The fourth-order valence-corrected chi connectivity index (χ4v) is 6.67. The van der Waals surface area contributed by atoms with Gasteiger partial charge in [0.15, 0.2) is 0 Å². The molecule has 0 unspecified atom stereocenters. The van der Waals surface area contributed by atoms with E-state index in [9.17, 15) is 10.5 Å². The van der Waals surface area contributed by atoms with Crippen LogP contribution >= 0.6 is 0 Å². The van der Waals surface area contributed by atoms with Gasteiger partial charge in [-0.25, -0.2) is 0 Å². The fourth-order valence-electron chi connectivity index (χ4n) is 6.67. The standard InChI is InChI=1S/C40H24N4/c1-25(23-41)39(43-35-17-9-7-15-31(35)33-19-27-11-3-5-13-29(27)21-37(33)43)40(26(2)24-42)44-36-18-10-8-16-32(36)34-20-28-12-4-6-14-30(28)22-38(34)44/h3-22H,1-2H2/b40-39-. The minimum absolute atomic E-state index is 0.235. The van der Waals surface area contributed by atoms with Gasteiger partial charge in [-0.2, -0.15) is 10.5 Å². The predicted molar refractivity (Wildman–Crippen MR) is 183 cm³/mol. The lowest BCUT2D eigenvalue weighted by molar-refractivity contribution is 1.16. The van der Waals surface area contributed by atoms with E-state index in [1.165, 1.54) is 0 Å². The van der Waals surface area contributed by atoms with Crippen molar-refractivity contribution in [3.8, 4) is 12.1 Å². The van der Waals surface area contributed by atoms with Gasteiger partial charge in [-0.05, 0) is 57.9 Å². The third-order valence-electron chi connectivity index (χ3n) is 8.59. The van der Waals surface area contributed by atoms with Gasteiger partial charge in [0.05, 0.1) is 44.6 Å². The maximum absolute atomic E-state index is 10.5. The molecule has 0 saturated heterocycles. The van der Waals surface area contributed by atoms with Crippen molar-refractivity contribution in [2.75, 3.05) is 0 Å². The molecule has 0 bridgehead atoms. The Bertz CT molecular complexity index is 2480. The molecule has 2 aromatic heterocycles. The molecule has 0 atom stereocenters. The van der Waals surface area contributed by atoms with E-state index in [4.69, 9.17) is 0 Å². The van der Waals surface area contributed by atoms with Gasteiger partial charge in [0, 0.05) is 21.5 Å². The van der Waals surface area contributed by atoms with Crippen LogP contribution in [0.15, 0.2) is 146 Å². The third kappa shape index (κ3) is 3.56. The van der Waals surface area contributed by atoms with Gasteiger partial charge in [0.1, 0.15) is 12.1 Å². The van der Waals surface area contributed by atoms with Gasteiger partial charge < -0.3 is 9.13 Å². The van der Waals surface area contributed by atoms with Gasteiger partial charge in [0.2, 0.25) is 0 Å². The van der Waals surface area contributed by atoms with E-state index in [1.54, 1.807) is 0 Å². The van der Waals surface area contributed by atoms with Crippen LogP contribution < -0.4 is 0 Å². The SMILES string of the molecule is C=C(C#N)/C(=C(\C(=C)C#N)n1c2ccccc2c2cc3ccccc3cc21)n1c2ccccc2c2cc3ccccc3cc21. The Balaban J connectivity index is 1.63. The number of fused-ring (bicyclic) bond motifs is 8. The molecule has 0 amide bonds. The molecule has 8 aromatic rings. The Labute approximate surface area is 253 Å². The second kappa shape index (κ2) is 9.60. The van der Waals surface area contributed by atoms with Gasteiger partial charge in [-0.3, -0.25) is 0 Å². The largest absolute Gasteiger partial charge is 0.306 e. The molecule has 2 heterocycles. The van der Waals surface area contributed by atoms with Crippen LogP contribution in [0.25, 0.3) is 76.6 Å². The average molecular weight is 561 g/mol. The lowest BCUT2D eigenvalue weighted by atomic mass is 10.1. The maximum atomic E-state index is 10.5. The normalized spacial score (nSPS) is 12.1. The second-order valence-corrected chi connectivity index (χ2v) is 11.0. The number of para-hydroxylation sites is 2. The zero-order valence-corrected chi connectivity index (χ0v) is 23.8. The van der Waals surface area contributed by atoms with Crippen LogP contribution in [0.1, 0.15) is 0 Å². The zero-order valence-electron chi connectivity index (χ0n) is 23.8. The lowest BCUT2D eigenvalue weighted by Crippen LogP contribution is -2.09. The number of hydrogen-bond donors (Lipinski definition) is 0. The maximum Gasteiger partial charge on any atom is 0.101 e. The Hall–Kier alpha value is -6.36. The molecule has 4 nitrogen and oxygen atoms in total. The lowest BCUT2D eigenvalue weighted by Gasteiger charge is -2.20.